The molecule has 0 bridgehead atoms. The largest absolute Gasteiger partial charge is 0.361 e. The fraction of sp³-hybridized carbons (Fsp3) is 0.423. The lowest BCUT2D eigenvalue weighted by Gasteiger charge is -2.22. The number of carbonyl (C=O) groups is 3. The third-order valence-electron chi connectivity index (χ3n) is 6.86. The number of benzene rings is 1. The maximum absolute atomic E-state index is 12.8. The number of ether oxygens (including phenoxy) is 1. The summed E-state index contributed by atoms with van der Waals surface area (Å²) in [5, 5.41) is 5.69. The summed E-state index contributed by atoms with van der Waals surface area (Å²) >= 11 is 0. The van der Waals surface area contributed by atoms with Crippen LogP contribution in [0.1, 0.15) is 40.0 Å². The predicted octanol–water partition coefficient (Wildman–Crippen LogP) is 4.08. The molecule has 1 saturated carbocycles. The number of amides is 4. The molecular weight excluding hydrogens is 488 g/mol. The molecule has 2 aliphatic rings. The minimum absolute atomic E-state index is 0.152. The predicted molar refractivity (Wildman–Crippen MR) is 142 cm³/mol. The maximum atomic E-state index is 12.8. The van der Waals surface area contributed by atoms with E-state index in [1.165, 1.54) is 11.1 Å². The Balaban J connectivity index is 1.14. The van der Waals surface area contributed by atoms with Crippen molar-refractivity contribution in [1.29, 1.82) is 0 Å². The molecule has 1 aromatic carbocycles. The van der Waals surface area contributed by atoms with Gasteiger partial charge in [-0.15, -0.1) is 0 Å². The number of anilines is 1. The van der Waals surface area contributed by atoms with Crippen LogP contribution in [0.5, 0.6) is 0 Å². The molecule has 2 aromatic heterocycles. The molecule has 2 N–H and O–H groups in total. The summed E-state index contributed by atoms with van der Waals surface area (Å²) in [7, 11) is -1.14. The highest BCUT2D eigenvalue weighted by Gasteiger charge is 2.42. The van der Waals surface area contributed by atoms with Gasteiger partial charge in [0.05, 0.1) is 17.3 Å². The highest BCUT2D eigenvalue weighted by molar-refractivity contribution is 6.76. The lowest BCUT2D eigenvalue weighted by atomic mass is 10.1. The van der Waals surface area contributed by atoms with Crippen LogP contribution < -0.4 is 10.6 Å². The molecule has 10 nitrogen and oxygen atoms in total. The second kappa shape index (κ2) is 10.1. The molecule has 4 amide bonds. The monoisotopic (exact) mass is 520 g/mol. The molecule has 194 valence electrons. The number of urea groups is 1. The highest BCUT2D eigenvalue weighted by Crippen LogP contribution is 2.32. The molecule has 0 unspecified atom stereocenters. The van der Waals surface area contributed by atoms with Gasteiger partial charge in [-0.1, -0.05) is 31.8 Å². The SMILES string of the molecule is C[Si](C)(C)CCOCn1ccc2nc(NC(=O)N[C@H]3CC[C@H](N4C(=O)c5ccccc5C4=O)C3)cnc21. The number of imide groups is 1. The maximum Gasteiger partial charge on any atom is 0.320 e. The van der Waals surface area contributed by atoms with Gasteiger partial charge >= 0.3 is 6.03 Å². The van der Waals surface area contributed by atoms with Crippen molar-refractivity contribution < 1.29 is 19.1 Å². The summed E-state index contributed by atoms with van der Waals surface area (Å²) in [4.78, 5) is 48.5. The second-order valence-corrected chi connectivity index (χ2v) is 16.5. The number of hydrogen-bond donors (Lipinski definition) is 2. The van der Waals surface area contributed by atoms with Gasteiger partial charge < -0.3 is 14.6 Å². The zero-order chi connectivity index (χ0) is 26.2. The number of aromatic nitrogens is 3. The van der Waals surface area contributed by atoms with E-state index < -0.39 is 14.1 Å². The fourth-order valence-corrected chi connectivity index (χ4v) is 5.62. The number of rotatable bonds is 8. The molecule has 3 aromatic rings. The highest BCUT2D eigenvalue weighted by atomic mass is 28.3. The Labute approximate surface area is 216 Å². The van der Waals surface area contributed by atoms with E-state index >= 15 is 0 Å². The molecule has 1 aliphatic carbocycles. The Kier molecular flexibility index (Phi) is 6.82. The molecule has 11 heteroatoms. The van der Waals surface area contributed by atoms with Crippen LogP contribution in [0.4, 0.5) is 10.6 Å². The number of fused-ring (bicyclic) bond motifs is 2. The van der Waals surface area contributed by atoms with Crippen LogP contribution in [-0.2, 0) is 11.5 Å². The average Bonchev–Trinajstić information content (AvgIpc) is 3.53. The summed E-state index contributed by atoms with van der Waals surface area (Å²) in [6.45, 7) is 8.08. The normalized spacial score (nSPS) is 19.5. The van der Waals surface area contributed by atoms with Crippen molar-refractivity contribution in [3.8, 4) is 0 Å². The summed E-state index contributed by atoms with van der Waals surface area (Å²) < 4.78 is 7.71. The Morgan fingerprint density at radius 3 is 2.54 bits per heavy atom. The summed E-state index contributed by atoms with van der Waals surface area (Å²) in [6.07, 6.45) is 5.24. The molecule has 0 radical (unpaired) electrons. The molecule has 3 heterocycles. The van der Waals surface area contributed by atoms with Crippen molar-refractivity contribution >= 4 is 42.9 Å². The van der Waals surface area contributed by atoms with E-state index in [0.29, 0.717) is 54.1 Å². The van der Waals surface area contributed by atoms with E-state index in [-0.39, 0.29) is 23.9 Å². The third kappa shape index (κ3) is 5.42. The Bertz CT molecular complexity index is 1320. The average molecular weight is 521 g/mol. The van der Waals surface area contributed by atoms with E-state index in [1.807, 2.05) is 16.8 Å². The molecule has 0 spiro atoms. The first-order valence-electron chi connectivity index (χ1n) is 12.6. The topological polar surface area (TPSA) is 118 Å². The summed E-state index contributed by atoms with van der Waals surface area (Å²) in [6, 6.07) is 9.04. The van der Waals surface area contributed by atoms with Crippen molar-refractivity contribution in [1.82, 2.24) is 24.8 Å². The first-order valence-corrected chi connectivity index (χ1v) is 16.3. The van der Waals surface area contributed by atoms with Crippen LogP contribution in [0.25, 0.3) is 11.2 Å². The minimum Gasteiger partial charge on any atom is -0.361 e. The van der Waals surface area contributed by atoms with Crippen molar-refractivity contribution in [2.45, 2.75) is 63.8 Å². The van der Waals surface area contributed by atoms with E-state index in [9.17, 15) is 14.4 Å². The fourth-order valence-electron chi connectivity index (χ4n) is 4.87. The van der Waals surface area contributed by atoms with Crippen molar-refractivity contribution in [3.05, 3.63) is 53.9 Å². The van der Waals surface area contributed by atoms with Crippen molar-refractivity contribution in [2.75, 3.05) is 11.9 Å². The first kappa shape index (κ1) is 25.1. The standard InChI is InChI=1S/C26H32N6O4Si/c1-37(2,3)13-12-36-16-31-11-10-21-23(31)27-15-22(29-21)30-26(35)28-17-8-9-18(14-17)32-24(33)19-6-4-5-7-20(19)25(32)34/h4-7,10-11,15,17-18H,8-9,12-14,16H2,1-3H3,(H2,28,29,30,35)/t17-,18-/m0/s1. The van der Waals surface area contributed by atoms with Gasteiger partial charge in [-0.2, -0.15) is 0 Å². The lowest BCUT2D eigenvalue weighted by molar-refractivity contribution is 0.0586. The van der Waals surface area contributed by atoms with E-state index in [2.05, 4.69) is 40.2 Å². The Hall–Kier alpha value is -3.57. The van der Waals surface area contributed by atoms with E-state index in [1.54, 1.807) is 24.3 Å². The zero-order valence-electron chi connectivity index (χ0n) is 21.4. The van der Waals surface area contributed by atoms with Gasteiger partial charge in [0.2, 0.25) is 0 Å². The van der Waals surface area contributed by atoms with Crippen LogP contribution in [0.3, 0.4) is 0 Å². The molecule has 2 atom stereocenters. The van der Waals surface area contributed by atoms with Gasteiger partial charge in [0.25, 0.3) is 11.8 Å². The zero-order valence-corrected chi connectivity index (χ0v) is 22.4. The second-order valence-electron chi connectivity index (χ2n) is 10.9. The van der Waals surface area contributed by atoms with Crippen LogP contribution in [-0.4, -0.2) is 64.0 Å². The van der Waals surface area contributed by atoms with Gasteiger partial charge in [0.15, 0.2) is 11.5 Å². The van der Waals surface area contributed by atoms with Crippen molar-refractivity contribution in [2.24, 2.45) is 0 Å². The Morgan fingerprint density at radius 1 is 1.11 bits per heavy atom. The van der Waals surface area contributed by atoms with Crippen LogP contribution >= 0.6 is 0 Å². The molecule has 1 aliphatic heterocycles. The number of carbonyl (C=O) groups excluding carboxylic acids is 3. The molecule has 5 rings (SSSR count). The summed E-state index contributed by atoms with van der Waals surface area (Å²) in [5.74, 6) is -0.169. The van der Waals surface area contributed by atoms with Gasteiger partial charge in [-0.25, -0.2) is 14.8 Å². The molecule has 0 saturated heterocycles. The van der Waals surface area contributed by atoms with Gasteiger partial charge in [-0.3, -0.25) is 19.8 Å². The van der Waals surface area contributed by atoms with Crippen LogP contribution in [0, 0.1) is 0 Å². The lowest BCUT2D eigenvalue weighted by Crippen LogP contribution is -2.41. The van der Waals surface area contributed by atoms with E-state index in [0.717, 1.165) is 12.7 Å². The smallest absolute Gasteiger partial charge is 0.320 e. The molecular formula is C26H32N6O4Si. The van der Waals surface area contributed by atoms with Gasteiger partial charge in [-0.05, 0) is 43.5 Å². The number of nitrogens with one attached hydrogen (secondary N) is 2. The quantitative estimate of drug-likeness (QED) is 0.262. The third-order valence-corrected chi connectivity index (χ3v) is 8.57. The van der Waals surface area contributed by atoms with Crippen LogP contribution in [0.15, 0.2) is 42.7 Å². The van der Waals surface area contributed by atoms with E-state index in [4.69, 9.17) is 4.74 Å². The Morgan fingerprint density at radius 2 is 1.84 bits per heavy atom. The first-order chi connectivity index (χ1) is 17.7. The number of hydrogen-bond acceptors (Lipinski definition) is 6. The number of nitrogens with zero attached hydrogens (tertiary/aromatic N) is 4. The summed E-state index contributed by atoms with van der Waals surface area (Å²) in [5.41, 5.74) is 2.25. The van der Waals surface area contributed by atoms with Crippen LogP contribution in [0.2, 0.25) is 25.7 Å². The van der Waals surface area contributed by atoms with Gasteiger partial charge in [0.1, 0.15) is 12.2 Å². The van der Waals surface area contributed by atoms with Gasteiger partial charge in [0, 0.05) is 33.0 Å². The molecule has 1 fully saturated rings. The minimum atomic E-state index is -1.14. The molecule has 37 heavy (non-hydrogen) atoms. The van der Waals surface area contributed by atoms with Crippen molar-refractivity contribution in [3.63, 3.8) is 0 Å².